The third-order valence-electron chi connectivity index (χ3n) is 4.54. The second-order valence-electron chi connectivity index (χ2n) is 6.15. The normalized spacial score (nSPS) is 23.2. The van der Waals surface area contributed by atoms with Crippen LogP contribution in [-0.2, 0) is 9.59 Å². The lowest BCUT2D eigenvalue weighted by molar-refractivity contribution is -0.141. The zero-order valence-electron chi connectivity index (χ0n) is 13.2. The van der Waals surface area contributed by atoms with Crippen LogP contribution in [-0.4, -0.2) is 53.6 Å². The maximum Gasteiger partial charge on any atom is 0.318 e. The van der Waals surface area contributed by atoms with Gasteiger partial charge in [0, 0.05) is 25.3 Å². The number of nitrogens with one attached hydrogen (secondary N) is 1. The summed E-state index contributed by atoms with van der Waals surface area (Å²) < 4.78 is 13.6. The molecule has 2 N–H and O–H groups in total. The third-order valence-corrected chi connectivity index (χ3v) is 4.85. The summed E-state index contributed by atoms with van der Waals surface area (Å²) in [6.45, 7) is 0.826. The Morgan fingerprint density at radius 2 is 2.04 bits per heavy atom. The fourth-order valence-corrected chi connectivity index (χ4v) is 3.23. The van der Waals surface area contributed by atoms with Gasteiger partial charge < -0.3 is 20.2 Å². The number of amides is 3. The summed E-state index contributed by atoms with van der Waals surface area (Å²) in [6.07, 6.45) is 0.794. The standard InChI is InChI=1S/C16H17ClFN3O4/c17-11-2-1-10(7-12(11)18)21-6-4-13(14(21)22)19-16(25)20-5-3-9(8-20)15(23)24/h1-2,7,9,13H,3-6,8H2,(H,19,25)(H,23,24). The number of urea groups is 1. The summed E-state index contributed by atoms with van der Waals surface area (Å²) in [5.41, 5.74) is 0.385. The van der Waals surface area contributed by atoms with Crippen molar-refractivity contribution in [1.82, 2.24) is 10.2 Å². The molecule has 1 aromatic carbocycles. The molecule has 0 saturated carbocycles. The fourth-order valence-electron chi connectivity index (χ4n) is 3.11. The summed E-state index contributed by atoms with van der Waals surface area (Å²) in [7, 11) is 0. The van der Waals surface area contributed by atoms with Crippen LogP contribution >= 0.6 is 11.6 Å². The van der Waals surface area contributed by atoms with E-state index in [9.17, 15) is 18.8 Å². The molecule has 7 nitrogen and oxygen atoms in total. The van der Waals surface area contributed by atoms with Crippen molar-refractivity contribution in [3.63, 3.8) is 0 Å². The molecule has 2 aliphatic rings. The maximum atomic E-state index is 13.6. The van der Waals surface area contributed by atoms with Crippen LogP contribution in [0.15, 0.2) is 18.2 Å². The van der Waals surface area contributed by atoms with Crippen molar-refractivity contribution in [2.45, 2.75) is 18.9 Å². The van der Waals surface area contributed by atoms with Crippen LogP contribution in [0.4, 0.5) is 14.9 Å². The molecule has 1 aromatic rings. The predicted molar refractivity (Wildman–Crippen MR) is 88.0 cm³/mol. The molecule has 2 atom stereocenters. The lowest BCUT2D eigenvalue weighted by atomic mass is 10.1. The third kappa shape index (κ3) is 3.53. The number of hydrogen-bond donors (Lipinski definition) is 2. The summed E-state index contributed by atoms with van der Waals surface area (Å²) in [5.74, 6) is -2.44. The van der Waals surface area contributed by atoms with Gasteiger partial charge in [-0.3, -0.25) is 9.59 Å². The average Bonchev–Trinajstić information content (AvgIpc) is 3.19. The highest BCUT2D eigenvalue weighted by molar-refractivity contribution is 6.30. The molecule has 0 aromatic heterocycles. The van der Waals surface area contributed by atoms with Gasteiger partial charge in [-0.25, -0.2) is 9.18 Å². The molecule has 2 aliphatic heterocycles. The summed E-state index contributed by atoms with van der Waals surface area (Å²) in [5, 5.41) is 11.6. The van der Waals surface area contributed by atoms with Gasteiger partial charge in [-0.15, -0.1) is 0 Å². The SMILES string of the molecule is O=C(O)C1CCN(C(=O)NC2CCN(c3ccc(Cl)c(F)c3)C2=O)C1. The number of carboxylic acid groups (broad SMARTS) is 1. The Kier molecular flexibility index (Phi) is 4.80. The van der Waals surface area contributed by atoms with E-state index in [-0.39, 0.29) is 17.5 Å². The lowest BCUT2D eigenvalue weighted by Crippen LogP contribution is -2.47. The molecular formula is C16H17ClFN3O4. The Morgan fingerprint density at radius 1 is 1.28 bits per heavy atom. The molecule has 2 heterocycles. The zero-order chi connectivity index (χ0) is 18.1. The van der Waals surface area contributed by atoms with Gasteiger partial charge in [0.15, 0.2) is 0 Å². The Hall–Kier alpha value is -2.35. The highest BCUT2D eigenvalue weighted by atomic mass is 35.5. The molecule has 0 bridgehead atoms. The van der Waals surface area contributed by atoms with Crippen molar-refractivity contribution < 1.29 is 23.9 Å². The van der Waals surface area contributed by atoms with Crippen molar-refractivity contribution in [2.75, 3.05) is 24.5 Å². The van der Waals surface area contributed by atoms with E-state index in [0.717, 1.165) is 0 Å². The number of benzene rings is 1. The van der Waals surface area contributed by atoms with Crippen LogP contribution in [0.1, 0.15) is 12.8 Å². The largest absolute Gasteiger partial charge is 0.481 e. The van der Waals surface area contributed by atoms with E-state index >= 15 is 0 Å². The molecule has 0 spiro atoms. The van der Waals surface area contributed by atoms with E-state index in [1.165, 1.54) is 21.9 Å². The van der Waals surface area contributed by atoms with E-state index in [4.69, 9.17) is 16.7 Å². The first-order chi connectivity index (χ1) is 11.9. The number of carboxylic acids is 1. The van der Waals surface area contributed by atoms with Crippen LogP contribution < -0.4 is 10.2 Å². The molecule has 2 unspecified atom stereocenters. The predicted octanol–water partition coefficient (Wildman–Crippen LogP) is 1.70. The number of halogens is 2. The highest BCUT2D eigenvalue weighted by Crippen LogP contribution is 2.26. The number of aliphatic carboxylic acids is 1. The average molecular weight is 370 g/mol. The first-order valence-electron chi connectivity index (χ1n) is 7.91. The molecule has 0 aliphatic carbocycles. The Morgan fingerprint density at radius 3 is 2.68 bits per heavy atom. The van der Waals surface area contributed by atoms with Gasteiger partial charge >= 0.3 is 12.0 Å². The molecule has 25 heavy (non-hydrogen) atoms. The second-order valence-corrected chi connectivity index (χ2v) is 6.56. The van der Waals surface area contributed by atoms with Gasteiger partial charge in [-0.2, -0.15) is 0 Å². The van der Waals surface area contributed by atoms with E-state index in [2.05, 4.69) is 5.32 Å². The van der Waals surface area contributed by atoms with Crippen molar-refractivity contribution in [3.8, 4) is 0 Å². The molecule has 134 valence electrons. The highest BCUT2D eigenvalue weighted by Gasteiger charge is 2.37. The fraction of sp³-hybridized carbons (Fsp3) is 0.438. The molecule has 2 fully saturated rings. The molecule has 2 saturated heterocycles. The van der Waals surface area contributed by atoms with Crippen molar-refractivity contribution in [1.29, 1.82) is 0 Å². The molecule has 3 rings (SSSR count). The smallest absolute Gasteiger partial charge is 0.318 e. The van der Waals surface area contributed by atoms with Gasteiger partial charge in [-0.05, 0) is 31.0 Å². The number of carbonyl (C=O) groups excluding carboxylic acids is 2. The van der Waals surface area contributed by atoms with E-state index in [1.807, 2.05) is 0 Å². The quantitative estimate of drug-likeness (QED) is 0.848. The topological polar surface area (TPSA) is 89.9 Å². The van der Waals surface area contributed by atoms with E-state index in [0.29, 0.717) is 31.6 Å². The van der Waals surface area contributed by atoms with Crippen LogP contribution in [0.2, 0.25) is 5.02 Å². The van der Waals surface area contributed by atoms with Gasteiger partial charge in [-0.1, -0.05) is 11.6 Å². The van der Waals surface area contributed by atoms with Crippen LogP contribution in [0.3, 0.4) is 0 Å². The molecular weight excluding hydrogens is 353 g/mol. The number of hydrogen-bond acceptors (Lipinski definition) is 3. The van der Waals surface area contributed by atoms with Gasteiger partial charge in [0.2, 0.25) is 5.91 Å². The number of anilines is 1. The number of nitrogens with zero attached hydrogens (tertiary/aromatic N) is 2. The minimum absolute atomic E-state index is 0.0257. The maximum absolute atomic E-state index is 13.6. The summed E-state index contributed by atoms with van der Waals surface area (Å²) in [6, 6.07) is 2.94. The second kappa shape index (κ2) is 6.87. The summed E-state index contributed by atoms with van der Waals surface area (Å²) >= 11 is 5.65. The monoisotopic (exact) mass is 369 g/mol. The minimum atomic E-state index is -0.928. The first kappa shape index (κ1) is 17.5. The number of rotatable bonds is 3. The number of carbonyl (C=O) groups is 3. The molecule has 0 radical (unpaired) electrons. The van der Waals surface area contributed by atoms with Crippen LogP contribution in [0, 0.1) is 11.7 Å². The van der Waals surface area contributed by atoms with Crippen molar-refractivity contribution >= 4 is 35.2 Å². The Labute approximate surface area is 148 Å². The Bertz CT molecular complexity index is 729. The lowest BCUT2D eigenvalue weighted by Gasteiger charge is -2.21. The van der Waals surface area contributed by atoms with Crippen LogP contribution in [0.25, 0.3) is 0 Å². The van der Waals surface area contributed by atoms with Crippen molar-refractivity contribution in [3.05, 3.63) is 29.0 Å². The first-order valence-corrected chi connectivity index (χ1v) is 8.29. The van der Waals surface area contributed by atoms with Crippen LogP contribution in [0.5, 0.6) is 0 Å². The minimum Gasteiger partial charge on any atom is -0.481 e. The van der Waals surface area contributed by atoms with Crippen molar-refractivity contribution in [2.24, 2.45) is 5.92 Å². The Balaban J connectivity index is 1.61. The van der Waals surface area contributed by atoms with E-state index < -0.39 is 29.8 Å². The number of likely N-dealkylation sites (tertiary alicyclic amines) is 1. The molecule has 3 amide bonds. The zero-order valence-corrected chi connectivity index (χ0v) is 14.0. The molecule has 9 heteroatoms. The van der Waals surface area contributed by atoms with Gasteiger partial charge in [0.25, 0.3) is 0 Å². The van der Waals surface area contributed by atoms with Gasteiger partial charge in [0.1, 0.15) is 11.9 Å². The van der Waals surface area contributed by atoms with E-state index in [1.54, 1.807) is 6.07 Å². The summed E-state index contributed by atoms with van der Waals surface area (Å²) in [4.78, 5) is 38.5. The van der Waals surface area contributed by atoms with Gasteiger partial charge in [0.05, 0.1) is 10.9 Å².